The van der Waals surface area contributed by atoms with Crippen molar-refractivity contribution in [2.24, 2.45) is 17.1 Å². The number of hydrogen-bond donors (Lipinski definition) is 1. The third-order valence-electron chi connectivity index (χ3n) is 3.83. The molecule has 1 aliphatic heterocycles. The average molecular weight is 198 g/mol. The van der Waals surface area contributed by atoms with Crippen molar-refractivity contribution >= 4 is 0 Å². The molecule has 1 heterocycles. The summed E-state index contributed by atoms with van der Waals surface area (Å²) in [5.41, 5.74) is 6.17. The van der Waals surface area contributed by atoms with E-state index in [4.69, 9.17) is 5.73 Å². The Bertz CT molecular complexity index is 156. The van der Waals surface area contributed by atoms with Crippen LogP contribution < -0.4 is 5.73 Å². The summed E-state index contributed by atoms with van der Waals surface area (Å²) in [6.07, 6.45) is 3.92. The van der Waals surface area contributed by atoms with Gasteiger partial charge in [-0.1, -0.05) is 20.8 Å². The van der Waals surface area contributed by atoms with Crippen molar-refractivity contribution in [3.63, 3.8) is 0 Å². The van der Waals surface area contributed by atoms with Gasteiger partial charge in [0.2, 0.25) is 0 Å². The standard InChI is InChI=1S/C12H26N2/c1-4-12(3,9-13)10-14-7-5-11(2)6-8-14/h11H,4-10,13H2,1-3H3. The van der Waals surface area contributed by atoms with Gasteiger partial charge in [0.15, 0.2) is 0 Å². The van der Waals surface area contributed by atoms with Crippen molar-refractivity contribution in [3.05, 3.63) is 0 Å². The first-order valence-electron chi connectivity index (χ1n) is 6.02. The Morgan fingerprint density at radius 1 is 1.36 bits per heavy atom. The third-order valence-corrected chi connectivity index (χ3v) is 3.83. The predicted molar refractivity (Wildman–Crippen MR) is 62.3 cm³/mol. The second kappa shape index (κ2) is 5.13. The van der Waals surface area contributed by atoms with Crippen LogP contribution in [0.2, 0.25) is 0 Å². The molecule has 0 radical (unpaired) electrons. The van der Waals surface area contributed by atoms with E-state index in [0.717, 1.165) is 12.5 Å². The molecule has 0 saturated carbocycles. The van der Waals surface area contributed by atoms with E-state index in [1.807, 2.05) is 0 Å². The molecule has 0 aromatic rings. The quantitative estimate of drug-likeness (QED) is 0.749. The van der Waals surface area contributed by atoms with E-state index in [-0.39, 0.29) is 0 Å². The molecule has 1 aliphatic rings. The zero-order chi connectivity index (χ0) is 10.6. The minimum atomic E-state index is 0.334. The predicted octanol–water partition coefficient (Wildman–Crippen LogP) is 2.09. The van der Waals surface area contributed by atoms with Crippen LogP contribution in [0.4, 0.5) is 0 Å². The van der Waals surface area contributed by atoms with Crippen LogP contribution in [0.5, 0.6) is 0 Å². The molecule has 0 aliphatic carbocycles. The molecule has 84 valence electrons. The fourth-order valence-corrected chi connectivity index (χ4v) is 2.08. The molecule has 0 aromatic carbocycles. The lowest BCUT2D eigenvalue weighted by atomic mass is 9.86. The second-order valence-electron chi connectivity index (χ2n) is 5.33. The summed E-state index contributed by atoms with van der Waals surface area (Å²) in [5, 5.41) is 0. The van der Waals surface area contributed by atoms with Crippen LogP contribution in [0, 0.1) is 11.3 Å². The van der Waals surface area contributed by atoms with Gasteiger partial charge in [-0.25, -0.2) is 0 Å². The van der Waals surface area contributed by atoms with E-state index in [1.54, 1.807) is 0 Å². The normalized spacial score (nSPS) is 24.9. The maximum atomic E-state index is 5.84. The number of hydrogen-bond acceptors (Lipinski definition) is 2. The molecule has 0 amide bonds. The van der Waals surface area contributed by atoms with Crippen LogP contribution in [0.1, 0.15) is 40.0 Å². The largest absolute Gasteiger partial charge is 0.330 e. The molecular formula is C12H26N2. The van der Waals surface area contributed by atoms with Gasteiger partial charge in [-0.2, -0.15) is 0 Å². The van der Waals surface area contributed by atoms with E-state index in [1.165, 1.54) is 38.9 Å². The van der Waals surface area contributed by atoms with Gasteiger partial charge in [0.1, 0.15) is 0 Å². The lowest BCUT2D eigenvalue weighted by Gasteiger charge is -2.37. The van der Waals surface area contributed by atoms with Gasteiger partial charge < -0.3 is 10.6 Å². The lowest BCUT2D eigenvalue weighted by Crippen LogP contribution is -2.43. The summed E-state index contributed by atoms with van der Waals surface area (Å²) in [5.74, 6) is 0.928. The van der Waals surface area contributed by atoms with Gasteiger partial charge in [0, 0.05) is 6.54 Å². The summed E-state index contributed by atoms with van der Waals surface area (Å²) in [6, 6.07) is 0. The van der Waals surface area contributed by atoms with Crippen molar-refractivity contribution in [1.29, 1.82) is 0 Å². The van der Waals surface area contributed by atoms with Gasteiger partial charge in [-0.3, -0.25) is 0 Å². The van der Waals surface area contributed by atoms with Crippen LogP contribution in [-0.2, 0) is 0 Å². The Hall–Kier alpha value is -0.0800. The molecule has 1 atom stereocenters. The van der Waals surface area contributed by atoms with E-state index in [0.29, 0.717) is 5.41 Å². The monoisotopic (exact) mass is 198 g/mol. The summed E-state index contributed by atoms with van der Waals surface area (Å²) >= 11 is 0. The first kappa shape index (κ1) is 12.0. The Balaban J connectivity index is 2.36. The highest BCUT2D eigenvalue weighted by molar-refractivity contribution is 4.80. The minimum absolute atomic E-state index is 0.334. The molecule has 2 nitrogen and oxygen atoms in total. The van der Waals surface area contributed by atoms with E-state index in [2.05, 4.69) is 25.7 Å². The van der Waals surface area contributed by atoms with E-state index < -0.39 is 0 Å². The first-order chi connectivity index (χ1) is 6.59. The molecule has 14 heavy (non-hydrogen) atoms. The van der Waals surface area contributed by atoms with Crippen molar-refractivity contribution in [1.82, 2.24) is 4.90 Å². The Morgan fingerprint density at radius 2 is 1.93 bits per heavy atom. The van der Waals surface area contributed by atoms with Crippen molar-refractivity contribution in [3.8, 4) is 0 Å². The first-order valence-corrected chi connectivity index (χ1v) is 6.02. The van der Waals surface area contributed by atoms with Crippen molar-refractivity contribution < 1.29 is 0 Å². The molecule has 2 N–H and O–H groups in total. The van der Waals surface area contributed by atoms with Crippen LogP contribution >= 0.6 is 0 Å². The summed E-state index contributed by atoms with van der Waals surface area (Å²) < 4.78 is 0. The van der Waals surface area contributed by atoms with E-state index in [9.17, 15) is 0 Å². The van der Waals surface area contributed by atoms with E-state index >= 15 is 0 Å². The van der Waals surface area contributed by atoms with Crippen LogP contribution in [0.3, 0.4) is 0 Å². The fraction of sp³-hybridized carbons (Fsp3) is 1.00. The number of nitrogens with two attached hydrogens (primary N) is 1. The minimum Gasteiger partial charge on any atom is -0.330 e. The second-order valence-corrected chi connectivity index (χ2v) is 5.33. The maximum Gasteiger partial charge on any atom is 0.00473 e. The molecule has 1 fully saturated rings. The molecule has 1 rings (SSSR count). The Kier molecular flexibility index (Phi) is 4.39. The summed E-state index contributed by atoms with van der Waals surface area (Å²) in [4.78, 5) is 2.59. The highest BCUT2D eigenvalue weighted by Crippen LogP contribution is 2.24. The maximum absolute atomic E-state index is 5.84. The smallest absolute Gasteiger partial charge is 0.00473 e. The van der Waals surface area contributed by atoms with Crippen LogP contribution in [0.15, 0.2) is 0 Å². The molecule has 2 heteroatoms. The van der Waals surface area contributed by atoms with Crippen LogP contribution in [0.25, 0.3) is 0 Å². The van der Waals surface area contributed by atoms with Gasteiger partial charge in [-0.15, -0.1) is 0 Å². The highest BCUT2D eigenvalue weighted by Gasteiger charge is 2.25. The number of rotatable bonds is 4. The van der Waals surface area contributed by atoms with Gasteiger partial charge >= 0.3 is 0 Å². The Labute approximate surface area is 88.8 Å². The number of piperidine rings is 1. The Morgan fingerprint density at radius 3 is 2.36 bits per heavy atom. The van der Waals surface area contributed by atoms with Crippen molar-refractivity contribution in [2.45, 2.75) is 40.0 Å². The molecule has 1 saturated heterocycles. The van der Waals surface area contributed by atoms with Gasteiger partial charge in [-0.05, 0) is 50.2 Å². The molecule has 0 aromatic heterocycles. The average Bonchev–Trinajstić information content (AvgIpc) is 2.21. The lowest BCUT2D eigenvalue weighted by molar-refractivity contribution is 0.124. The topological polar surface area (TPSA) is 29.3 Å². The third kappa shape index (κ3) is 3.25. The molecule has 1 unspecified atom stereocenters. The highest BCUT2D eigenvalue weighted by atomic mass is 15.1. The number of likely N-dealkylation sites (tertiary alicyclic amines) is 1. The van der Waals surface area contributed by atoms with Gasteiger partial charge in [0.25, 0.3) is 0 Å². The summed E-state index contributed by atoms with van der Waals surface area (Å²) in [6.45, 7) is 11.5. The SMILES string of the molecule is CCC(C)(CN)CN1CCC(C)CC1. The van der Waals surface area contributed by atoms with Crippen molar-refractivity contribution in [2.75, 3.05) is 26.2 Å². The zero-order valence-electron chi connectivity index (χ0n) is 10.1. The molecule has 0 bridgehead atoms. The number of nitrogens with zero attached hydrogens (tertiary/aromatic N) is 1. The van der Waals surface area contributed by atoms with Crippen LogP contribution in [-0.4, -0.2) is 31.1 Å². The summed E-state index contributed by atoms with van der Waals surface area (Å²) in [7, 11) is 0. The molecular weight excluding hydrogens is 172 g/mol. The van der Waals surface area contributed by atoms with Gasteiger partial charge in [0.05, 0.1) is 0 Å². The zero-order valence-corrected chi connectivity index (χ0v) is 10.1. The molecule has 0 spiro atoms. The fourth-order valence-electron chi connectivity index (χ4n) is 2.08.